The summed E-state index contributed by atoms with van der Waals surface area (Å²) in [4.78, 5) is 2.78. The van der Waals surface area contributed by atoms with E-state index in [1.54, 1.807) is 0 Å². The minimum Gasteiger partial charge on any atom is -0.329 e. The molecule has 0 aromatic rings. The number of piperidine rings is 1. The lowest BCUT2D eigenvalue weighted by Gasteiger charge is -2.51. The molecular formula is C18H36N2. The number of nitrogens with two attached hydrogens (primary N) is 1. The van der Waals surface area contributed by atoms with Crippen LogP contribution >= 0.6 is 0 Å². The molecule has 2 atom stereocenters. The van der Waals surface area contributed by atoms with E-state index in [2.05, 4.69) is 32.6 Å². The quantitative estimate of drug-likeness (QED) is 0.846. The predicted octanol–water partition coefficient (Wildman–Crippen LogP) is 3.90. The molecule has 2 unspecified atom stereocenters. The summed E-state index contributed by atoms with van der Waals surface area (Å²) in [5, 5.41) is 0. The molecule has 2 N–H and O–H groups in total. The van der Waals surface area contributed by atoms with Crippen molar-refractivity contribution in [3.63, 3.8) is 0 Å². The summed E-state index contributed by atoms with van der Waals surface area (Å²) in [5.41, 5.74) is 6.61. The average Bonchev–Trinajstić information content (AvgIpc) is 2.47. The van der Waals surface area contributed by atoms with Crippen molar-refractivity contribution in [2.24, 2.45) is 29.4 Å². The van der Waals surface area contributed by atoms with Gasteiger partial charge in [-0.05, 0) is 62.4 Å². The summed E-state index contributed by atoms with van der Waals surface area (Å²) in [6.07, 6.45) is 8.23. The zero-order chi connectivity index (χ0) is 14.8. The fourth-order valence-corrected chi connectivity index (χ4v) is 4.60. The van der Waals surface area contributed by atoms with Gasteiger partial charge in [-0.3, -0.25) is 4.90 Å². The van der Waals surface area contributed by atoms with Crippen molar-refractivity contribution in [2.75, 3.05) is 19.6 Å². The van der Waals surface area contributed by atoms with Crippen molar-refractivity contribution in [3.05, 3.63) is 0 Å². The van der Waals surface area contributed by atoms with Crippen LogP contribution in [0.4, 0.5) is 0 Å². The number of hydrogen-bond donors (Lipinski definition) is 1. The Labute approximate surface area is 126 Å². The second kappa shape index (κ2) is 6.79. The van der Waals surface area contributed by atoms with E-state index in [1.807, 2.05) is 0 Å². The van der Waals surface area contributed by atoms with Crippen LogP contribution in [-0.2, 0) is 0 Å². The molecule has 0 radical (unpaired) electrons. The van der Waals surface area contributed by atoms with Crippen LogP contribution in [-0.4, -0.2) is 30.1 Å². The SMILES string of the molecule is CC(C)C1CCN(C2(CN)CCCC(C(C)C)C2)CC1. The summed E-state index contributed by atoms with van der Waals surface area (Å²) in [6, 6.07) is 0. The van der Waals surface area contributed by atoms with Gasteiger partial charge >= 0.3 is 0 Å². The molecule has 0 bridgehead atoms. The highest BCUT2D eigenvalue weighted by Crippen LogP contribution is 2.41. The van der Waals surface area contributed by atoms with Crippen LogP contribution in [0.2, 0.25) is 0 Å². The van der Waals surface area contributed by atoms with Crippen molar-refractivity contribution >= 4 is 0 Å². The maximum absolute atomic E-state index is 6.28. The number of hydrogen-bond acceptors (Lipinski definition) is 2. The molecule has 1 saturated heterocycles. The molecule has 0 spiro atoms. The van der Waals surface area contributed by atoms with Gasteiger partial charge in [0, 0.05) is 12.1 Å². The summed E-state index contributed by atoms with van der Waals surface area (Å²) in [7, 11) is 0. The van der Waals surface area contributed by atoms with Crippen molar-refractivity contribution < 1.29 is 0 Å². The van der Waals surface area contributed by atoms with E-state index in [0.717, 1.165) is 30.2 Å². The molecule has 1 saturated carbocycles. The average molecular weight is 280 g/mol. The minimum absolute atomic E-state index is 0.329. The third kappa shape index (κ3) is 3.39. The first-order valence-corrected chi connectivity index (χ1v) is 8.93. The summed E-state index contributed by atoms with van der Waals surface area (Å²) in [6.45, 7) is 13.0. The third-order valence-electron chi connectivity index (χ3n) is 6.34. The third-order valence-corrected chi connectivity index (χ3v) is 6.34. The van der Waals surface area contributed by atoms with Gasteiger partial charge in [0.1, 0.15) is 0 Å². The first-order chi connectivity index (χ1) is 9.48. The molecule has 2 rings (SSSR count). The van der Waals surface area contributed by atoms with Gasteiger partial charge in [-0.25, -0.2) is 0 Å². The second-order valence-corrected chi connectivity index (χ2v) is 8.10. The Bertz CT molecular complexity index is 292. The van der Waals surface area contributed by atoms with Gasteiger partial charge in [-0.2, -0.15) is 0 Å². The first kappa shape index (κ1) is 16.3. The van der Waals surface area contributed by atoms with Crippen molar-refractivity contribution in [2.45, 2.75) is 71.8 Å². The topological polar surface area (TPSA) is 29.3 Å². The van der Waals surface area contributed by atoms with Gasteiger partial charge in [0.05, 0.1) is 0 Å². The van der Waals surface area contributed by atoms with E-state index < -0.39 is 0 Å². The zero-order valence-electron chi connectivity index (χ0n) is 14.2. The normalized spacial score (nSPS) is 34.0. The maximum Gasteiger partial charge on any atom is 0.0334 e. The lowest BCUT2D eigenvalue weighted by atomic mass is 9.70. The highest BCUT2D eigenvalue weighted by Gasteiger charge is 2.42. The van der Waals surface area contributed by atoms with Crippen molar-refractivity contribution in [3.8, 4) is 0 Å². The Morgan fingerprint density at radius 2 is 1.60 bits per heavy atom. The van der Waals surface area contributed by atoms with Crippen LogP contribution in [0.15, 0.2) is 0 Å². The molecule has 2 nitrogen and oxygen atoms in total. The molecule has 0 aromatic carbocycles. The van der Waals surface area contributed by atoms with E-state index in [9.17, 15) is 0 Å². The molecule has 2 heteroatoms. The number of rotatable bonds is 4. The van der Waals surface area contributed by atoms with Crippen LogP contribution in [0.5, 0.6) is 0 Å². The standard InChI is InChI=1S/C18H36N2/c1-14(2)16-7-10-20(11-8-16)18(13-19)9-5-6-17(12-18)15(3)4/h14-17H,5-13,19H2,1-4H3. The fourth-order valence-electron chi connectivity index (χ4n) is 4.60. The molecule has 0 amide bonds. The Morgan fingerprint density at radius 1 is 1.00 bits per heavy atom. The van der Waals surface area contributed by atoms with Crippen LogP contribution in [0, 0.1) is 23.7 Å². The van der Waals surface area contributed by atoms with Gasteiger partial charge < -0.3 is 5.73 Å². The van der Waals surface area contributed by atoms with E-state index in [0.29, 0.717) is 5.54 Å². The fraction of sp³-hybridized carbons (Fsp3) is 1.00. The summed E-state index contributed by atoms with van der Waals surface area (Å²) < 4.78 is 0. The highest BCUT2D eigenvalue weighted by molar-refractivity contribution is 4.98. The minimum atomic E-state index is 0.329. The Morgan fingerprint density at radius 3 is 2.10 bits per heavy atom. The van der Waals surface area contributed by atoms with E-state index in [-0.39, 0.29) is 0 Å². The molecule has 2 fully saturated rings. The maximum atomic E-state index is 6.28. The van der Waals surface area contributed by atoms with E-state index >= 15 is 0 Å². The van der Waals surface area contributed by atoms with Gasteiger partial charge in [-0.1, -0.05) is 40.5 Å². The summed E-state index contributed by atoms with van der Waals surface area (Å²) >= 11 is 0. The van der Waals surface area contributed by atoms with Crippen LogP contribution in [0.3, 0.4) is 0 Å². The van der Waals surface area contributed by atoms with Gasteiger partial charge in [0.25, 0.3) is 0 Å². The van der Waals surface area contributed by atoms with E-state index in [1.165, 1.54) is 51.6 Å². The van der Waals surface area contributed by atoms with Crippen molar-refractivity contribution in [1.82, 2.24) is 4.90 Å². The first-order valence-electron chi connectivity index (χ1n) is 8.93. The molecule has 1 aliphatic heterocycles. The monoisotopic (exact) mass is 280 g/mol. The van der Waals surface area contributed by atoms with Crippen LogP contribution in [0.1, 0.15) is 66.2 Å². The highest BCUT2D eigenvalue weighted by atomic mass is 15.2. The number of nitrogens with zero attached hydrogens (tertiary/aromatic N) is 1. The zero-order valence-corrected chi connectivity index (χ0v) is 14.2. The lowest BCUT2D eigenvalue weighted by molar-refractivity contribution is -0.00253. The summed E-state index contributed by atoms with van der Waals surface area (Å²) in [5.74, 6) is 3.48. The van der Waals surface area contributed by atoms with Crippen molar-refractivity contribution in [1.29, 1.82) is 0 Å². The smallest absolute Gasteiger partial charge is 0.0334 e. The molecular weight excluding hydrogens is 244 g/mol. The molecule has 20 heavy (non-hydrogen) atoms. The largest absolute Gasteiger partial charge is 0.329 e. The predicted molar refractivity (Wildman–Crippen MR) is 87.7 cm³/mol. The lowest BCUT2D eigenvalue weighted by Crippen LogP contribution is -2.59. The van der Waals surface area contributed by atoms with Gasteiger partial charge in [0.15, 0.2) is 0 Å². The van der Waals surface area contributed by atoms with Gasteiger partial charge in [0.2, 0.25) is 0 Å². The van der Waals surface area contributed by atoms with E-state index in [4.69, 9.17) is 5.73 Å². The Balaban J connectivity index is 2.00. The molecule has 2 aliphatic rings. The number of likely N-dealkylation sites (tertiary alicyclic amines) is 1. The van der Waals surface area contributed by atoms with Gasteiger partial charge in [-0.15, -0.1) is 0 Å². The Hall–Kier alpha value is -0.0800. The van der Waals surface area contributed by atoms with Crippen LogP contribution in [0.25, 0.3) is 0 Å². The molecule has 118 valence electrons. The Kier molecular flexibility index (Phi) is 5.53. The molecule has 0 aromatic heterocycles. The molecule has 1 heterocycles. The molecule has 1 aliphatic carbocycles. The second-order valence-electron chi connectivity index (χ2n) is 8.10. The van der Waals surface area contributed by atoms with Crippen LogP contribution < -0.4 is 5.73 Å².